The lowest BCUT2D eigenvalue weighted by Crippen LogP contribution is -2.14. The van der Waals surface area contributed by atoms with Gasteiger partial charge in [0.1, 0.15) is 0 Å². The Hall–Kier alpha value is -0.630. The zero-order valence-electron chi connectivity index (χ0n) is 8.18. The van der Waals surface area contributed by atoms with Gasteiger partial charge in [0.25, 0.3) is 0 Å². The Balaban J connectivity index is 3.11. The summed E-state index contributed by atoms with van der Waals surface area (Å²) in [5.74, 6) is 0. The monoisotopic (exact) mass is 214 g/mol. The van der Waals surface area contributed by atoms with Crippen molar-refractivity contribution in [2.75, 3.05) is 12.8 Å². The van der Waals surface area contributed by atoms with E-state index in [1.807, 2.05) is 19.1 Å². The molecule has 1 aromatic rings. The fourth-order valence-electron chi connectivity index (χ4n) is 1.41. The Morgan fingerprint density at radius 3 is 2.57 bits per heavy atom. The van der Waals surface area contributed by atoms with E-state index in [0.717, 1.165) is 12.0 Å². The minimum atomic E-state index is -3.35. The lowest BCUT2D eigenvalue weighted by atomic mass is 10.2. The normalized spacial score (nSPS) is 15.1. The van der Waals surface area contributed by atoms with Gasteiger partial charge in [-0.1, -0.05) is 25.1 Å². The van der Waals surface area contributed by atoms with Crippen molar-refractivity contribution in [2.24, 2.45) is 0 Å². The van der Waals surface area contributed by atoms with Crippen LogP contribution in [0.3, 0.4) is 0 Å². The van der Waals surface area contributed by atoms with Crippen molar-refractivity contribution >= 4 is 12.7 Å². The lowest BCUT2D eigenvalue weighted by molar-refractivity contribution is 0.315. The van der Waals surface area contributed by atoms with Crippen LogP contribution >= 0.6 is 7.37 Å². The molecule has 0 amide bonds. The molecule has 0 aliphatic rings. The maximum absolute atomic E-state index is 11.8. The highest BCUT2D eigenvalue weighted by Crippen LogP contribution is 2.39. The predicted molar refractivity (Wildman–Crippen MR) is 57.2 cm³/mol. The van der Waals surface area contributed by atoms with Crippen molar-refractivity contribution in [3.63, 3.8) is 0 Å². The molecule has 1 atom stereocenters. The second-order valence-electron chi connectivity index (χ2n) is 3.13. The van der Waals surface area contributed by atoms with E-state index < -0.39 is 7.37 Å². The summed E-state index contributed by atoms with van der Waals surface area (Å²) >= 11 is 0. The number of rotatable bonds is 4. The maximum atomic E-state index is 11.8. The fraction of sp³-hybridized carbons (Fsp3) is 0.400. The molecule has 0 spiro atoms. The van der Waals surface area contributed by atoms with E-state index in [2.05, 4.69) is 0 Å². The first kappa shape index (κ1) is 11.4. The third kappa shape index (κ3) is 2.44. The van der Waals surface area contributed by atoms with Gasteiger partial charge in [-0.3, -0.25) is 4.57 Å². The zero-order chi connectivity index (χ0) is 10.6. The molecule has 1 aromatic carbocycles. The number of aliphatic hydroxyl groups excluding tert-OH is 1. The van der Waals surface area contributed by atoms with Crippen LogP contribution in [0, 0.1) is 0 Å². The first-order valence-electron chi connectivity index (χ1n) is 4.63. The molecule has 0 saturated heterocycles. The van der Waals surface area contributed by atoms with Crippen LogP contribution in [0.25, 0.3) is 0 Å². The van der Waals surface area contributed by atoms with Gasteiger partial charge in [0.15, 0.2) is 0 Å². The maximum Gasteiger partial charge on any atom is 0.232 e. The van der Waals surface area contributed by atoms with E-state index >= 15 is 0 Å². The van der Waals surface area contributed by atoms with Crippen LogP contribution in [0.1, 0.15) is 12.5 Å². The van der Waals surface area contributed by atoms with Crippen molar-refractivity contribution in [1.29, 1.82) is 0 Å². The number of aryl methyl sites for hydroxylation is 1. The molecule has 0 bridgehead atoms. The van der Waals surface area contributed by atoms with Gasteiger partial charge in [-0.05, 0) is 18.1 Å². The number of benzene rings is 1. The number of hydrogen-bond donors (Lipinski definition) is 2. The number of aliphatic hydroxyl groups is 1. The van der Waals surface area contributed by atoms with E-state index in [-0.39, 0.29) is 12.8 Å². The molecule has 0 fully saturated rings. The van der Waals surface area contributed by atoms with Crippen LogP contribution in [0.4, 0.5) is 0 Å². The molecule has 0 saturated carbocycles. The van der Waals surface area contributed by atoms with E-state index in [1.54, 1.807) is 12.1 Å². The summed E-state index contributed by atoms with van der Waals surface area (Å²) in [5.41, 5.74) is 0.881. The Morgan fingerprint density at radius 2 is 2.00 bits per heavy atom. The van der Waals surface area contributed by atoms with E-state index in [1.165, 1.54) is 0 Å². The van der Waals surface area contributed by atoms with Gasteiger partial charge in [0, 0.05) is 5.30 Å². The molecule has 0 radical (unpaired) electrons. The highest BCUT2D eigenvalue weighted by molar-refractivity contribution is 7.66. The van der Waals surface area contributed by atoms with Crippen molar-refractivity contribution < 1.29 is 14.6 Å². The van der Waals surface area contributed by atoms with Crippen LogP contribution in [0.2, 0.25) is 0 Å². The summed E-state index contributed by atoms with van der Waals surface area (Å²) in [5, 5.41) is 9.18. The summed E-state index contributed by atoms with van der Waals surface area (Å²) in [6, 6.07) is 7.10. The highest BCUT2D eigenvalue weighted by atomic mass is 31.2. The quantitative estimate of drug-likeness (QED) is 0.739. The molecule has 2 N–H and O–H groups in total. The molecule has 4 heteroatoms. The Kier molecular flexibility index (Phi) is 3.87. The first-order valence-corrected chi connectivity index (χ1v) is 6.47. The second kappa shape index (κ2) is 4.74. The molecule has 0 heterocycles. The van der Waals surface area contributed by atoms with Gasteiger partial charge in [-0.2, -0.15) is 0 Å². The molecule has 0 aromatic heterocycles. The van der Waals surface area contributed by atoms with Gasteiger partial charge in [0.2, 0.25) is 7.37 Å². The molecule has 1 unspecified atom stereocenters. The summed E-state index contributed by atoms with van der Waals surface area (Å²) in [4.78, 5) is 9.69. The molecule has 14 heavy (non-hydrogen) atoms. The molecule has 78 valence electrons. The molecule has 3 nitrogen and oxygen atoms in total. The summed E-state index contributed by atoms with van der Waals surface area (Å²) in [6.07, 6.45) is 0.663. The summed E-state index contributed by atoms with van der Waals surface area (Å²) < 4.78 is 11.8. The Morgan fingerprint density at radius 1 is 1.36 bits per heavy atom. The van der Waals surface area contributed by atoms with Crippen LogP contribution in [-0.2, 0) is 11.0 Å². The molecule has 1 rings (SSSR count). The minimum absolute atomic E-state index is 0.0655. The Bertz CT molecular complexity index is 349. The SMILES string of the molecule is CCc1ccccc1P(=O)(O)CCO. The molecule has 0 aliphatic carbocycles. The average molecular weight is 214 g/mol. The van der Waals surface area contributed by atoms with Crippen molar-refractivity contribution in [3.05, 3.63) is 29.8 Å². The van der Waals surface area contributed by atoms with Gasteiger partial charge in [-0.25, -0.2) is 0 Å². The van der Waals surface area contributed by atoms with Gasteiger partial charge in [-0.15, -0.1) is 0 Å². The molecule has 0 aliphatic heterocycles. The minimum Gasteiger partial charge on any atom is -0.396 e. The van der Waals surface area contributed by atoms with Crippen LogP contribution in [0.5, 0.6) is 0 Å². The molecular formula is C10H15O3P. The van der Waals surface area contributed by atoms with Crippen molar-refractivity contribution in [1.82, 2.24) is 0 Å². The number of hydrogen-bond acceptors (Lipinski definition) is 2. The smallest absolute Gasteiger partial charge is 0.232 e. The van der Waals surface area contributed by atoms with Crippen LogP contribution in [-0.4, -0.2) is 22.8 Å². The Labute approximate surface area is 83.9 Å². The van der Waals surface area contributed by atoms with Gasteiger partial charge < -0.3 is 10.00 Å². The second-order valence-corrected chi connectivity index (χ2v) is 5.46. The third-order valence-electron chi connectivity index (χ3n) is 2.15. The third-order valence-corrected chi connectivity index (χ3v) is 4.15. The van der Waals surface area contributed by atoms with E-state index in [4.69, 9.17) is 5.11 Å². The van der Waals surface area contributed by atoms with Crippen LogP contribution < -0.4 is 5.30 Å². The van der Waals surface area contributed by atoms with Crippen molar-refractivity contribution in [2.45, 2.75) is 13.3 Å². The predicted octanol–water partition coefficient (Wildman–Crippen LogP) is 1.14. The molecular weight excluding hydrogens is 199 g/mol. The fourth-order valence-corrected chi connectivity index (χ4v) is 2.92. The highest BCUT2D eigenvalue weighted by Gasteiger charge is 2.22. The van der Waals surface area contributed by atoms with Gasteiger partial charge in [0.05, 0.1) is 12.8 Å². The largest absolute Gasteiger partial charge is 0.396 e. The van der Waals surface area contributed by atoms with E-state index in [9.17, 15) is 9.46 Å². The summed E-state index contributed by atoms with van der Waals surface area (Å²) in [7, 11) is -3.35. The summed E-state index contributed by atoms with van der Waals surface area (Å²) in [6.45, 7) is 1.68. The standard InChI is InChI=1S/C10H15O3P/c1-2-9-5-3-4-6-10(9)14(12,13)8-7-11/h3-6,11H,2,7-8H2,1H3,(H,12,13). The lowest BCUT2D eigenvalue weighted by Gasteiger charge is -2.13. The van der Waals surface area contributed by atoms with Crippen molar-refractivity contribution in [3.8, 4) is 0 Å². The van der Waals surface area contributed by atoms with Crippen LogP contribution in [0.15, 0.2) is 24.3 Å². The van der Waals surface area contributed by atoms with E-state index in [0.29, 0.717) is 5.30 Å². The topological polar surface area (TPSA) is 57.5 Å². The van der Waals surface area contributed by atoms with Gasteiger partial charge >= 0.3 is 0 Å². The average Bonchev–Trinajstić information content (AvgIpc) is 2.18. The zero-order valence-corrected chi connectivity index (χ0v) is 9.08. The first-order chi connectivity index (χ1) is 6.61.